The van der Waals surface area contributed by atoms with Crippen LogP contribution in [-0.2, 0) is 14.3 Å². The maximum atomic E-state index is 12.7. The van der Waals surface area contributed by atoms with Crippen LogP contribution in [0.15, 0.2) is 61.2 Å². The van der Waals surface area contributed by atoms with Crippen LogP contribution in [0.3, 0.4) is 0 Å². The van der Waals surface area contributed by atoms with Crippen molar-refractivity contribution in [2.24, 2.45) is 0 Å². The van der Waals surface area contributed by atoms with Crippen LogP contribution >= 0.6 is 0 Å². The summed E-state index contributed by atoms with van der Waals surface area (Å²) in [6, 6.07) is 15.8. The van der Waals surface area contributed by atoms with Gasteiger partial charge in [-0.1, -0.05) is 54.6 Å². The monoisotopic (exact) mass is 377 g/mol. The molecule has 28 heavy (non-hydrogen) atoms. The quantitative estimate of drug-likeness (QED) is 0.423. The van der Waals surface area contributed by atoms with Gasteiger partial charge in [0.05, 0.1) is 0 Å². The van der Waals surface area contributed by atoms with E-state index in [1.165, 1.54) is 16.0 Å². The number of hydrogen-bond donors (Lipinski definition) is 0. The first-order valence-corrected chi connectivity index (χ1v) is 9.60. The number of unbranched alkanes of at least 4 members (excludes halogenated alkanes) is 1. The summed E-state index contributed by atoms with van der Waals surface area (Å²) in [7, 11) is 0. The summed E-state index contributed by atoms with van der Waals surface area (Å²) in [5.74, 6) is -0.368. The van der Waals surface area contributed by atoms with Crippen LogP contribution in [0.1, 0.15) is 36.3 Å². The molecule has 0 radical (unpaired) electrons. The number of carbonyl (C=O) groups is 2. The third kappa shape index (κ3) is 3.28. The van der Waals surface area contributed by atoms with Crippen LogP contribution in [0.25, 0.3) is 11.1 Å². The molecular weight excluding hydrogens is 354 g/mol. The van der Waals surface area contributed by atoms with Crippen LogP contribution in [0.2, 0.25) is 0 Å². The Morgan fingerprint density at radius 3 is 2.43 bits per heavy atom. The molecular formula is C23H23NO4. The van der Waals surface area contributed by atoms with Crippen molar-refractivity contribution in [1.29, 1.82) is 0 Å². The molecule has 0 N–H and O–H groups in total. The largest absolute Gasteiger partial charge is 0.448 e. The first-order valence-electron chi connectivity index (χ1n) is 9.60. The van der Waals surface area contributed by atoms with Gasteiger partial charge in [-0.05, 0) is 41.5 Å². The van der Waals surface area contributed by atoms with Gasteiger partial charge in [0.15, 0.2) is 6.73 Å². The molecule has 5 heteroatoms. The van der Waals surface area contributed by atoms with Gasteiger partial charge in [0, 0.05) is 5.92 Å². The van der Waals surface area contributed by atoms with Gasteiger partial charge in [-0.3, -0.25) is 4.90 Å². The van der Waals surface area contributed by atoms with Crippen molar-refractivity contribution in [3.63, 3.8) is 0 Å². The summed E-state index contributed by atoms with van der Waals surface area (Å²) in [6.07, 6.45) is 3.42. The first-order chi connectivity index (χ1) is 13.7. The van der Waals surface area contributed by atoms with Gasteiger partial charge < -0.3 is 9.47 Å². The summed E-state index contributed by atoms with van der Waals surface area (Å²) in [5.41, 5.74) is 4.68. The van der Waals surface area contributed by atoms with E-state index in [-0.39, 0.29) is 25.2 Å². The van der Waals surface area contributed by atoms with Gasteiger partial charge in [0.25, 0.3) is 0 Å². The van der Waals surface area contributed by atoms with Gasteiger partial charge in [-0.15, -0.1) is 6.58 Å². The van der Waals surface area contributed by atoms with E-state index in [1.807, 2.05) is 24.3 Å². The molecule has 2 aliphatic rings. The molecule has 2 aromatic rings. The number of amides is 1. The zero-order chi connectivity index (χ0) is 19.5. The van der Waals surface area contributed by atoms with Crippen molar-refractivity contribution >= 4 is 12.1 Å². The molecule has 1 fully saturated rings. The van der Waals surface area contributed by atoms with Gasteiger partial charge in [0.2, 0.25) is 0 Å². The van der Waals surface area contributed by atoms with Crippen LogP contribution in [-0.4, -0.2) is 36.3 Å². The van der Waals surface area contributed by atoms with Crippen molar-refractivity contribution in [3.8, 4) is 11.1 Å². The zero-order valence-corrected chi connectivity index (χ0v) is 15.7. The summed E-state index contributed by atoms with van der Waals surface area (Å²) in [6.45, 7) is 3.87. The third-order valence-corrected chi connectivity index (χ3v) is 5.45. The molecule has 1 amide bonds. The minimum absolute atomic E-state index is 0.00483. The van der Waals surface area contributed by atoms with Gasteiger partial charge >= 0.3 is 12.1 Å². The molecule has 0 spiro atoms. The second-order valence-corrected chi connectivity index (χ2v) is 7.10. The minimum Gasteiger partial charge on any atom is -0.448 e. The molecule has 1 aliphatic carbocycles. The fraction of sp³-hybridized carbons (Fsp3) is 0.304. The standard InChI is InChI=1S/C23H23NO4/c1-2-3-4-13-21-22(25)28-15-24(21)23(26)27-14-20-18-11-7-5-9-16(18)17-10-6-8-12-19(17)20/h2,5-12,20-21H,1,3-4,13-15H2/t21-/m0/s1. The smallest absolute Gasteiger partial charge is 0.413 e. The van der Waals surface area contributed by atoms with Crippen molar-refractivity contribution in [3.05, 3.63) is 72.3 Å². The second-order valence-electron chi connectivity index (χ2n) is 7.10. The average molecular weight is 377 g/mol. The Hall–Kier alpha value is -3.08. The molecule has 4 rings (SSSR count). The molecule has 1 aliphatic heterocycles. The molecule has 0 saturated carbocycles. The zero-order valence-electron chi connectivity index (χ0n) is 15.7. The molecule has 0 bridgehead atoms. The van der Waals surface area contributed by atoms with Gasteiger partial charge in [-0.2, -0.15) is 0 Å². The maximum Gasteiger partial charge on any atom is 0.413 e. The van der Waals surface area contributed by atoms with E-state index in [9.17, 15) is 9.59 Å². The second kappa shape index (κ2) is 7.89. The minimum atomic E-state index is -0.574. The van der Waals surface area contributed by atoms with Crippen LogP contribution in [0, 0.1) is 0 Å². The van der Waals surface area contributed by atoms with Crippen molar-refractivity contribution < 1.29 is 19.1 Å². The van der Waals surface area contributed by atoms with E-state index in [0.717, 1.165) is 24.0 Å². The Kier molecular flexibility index (Phi) is 5.15. The molecule has 0 unspecified atom stereocenters. The van der Waals surface area contributed by atoms with Crippen molar-refractivity contribution in [1.82, 2.24) is 4.90 Å². The molecule has 144 valence electrons. The molecule has 5 nitrogen and oxygen atoms in total. The number of ether oxygens (including phenoxy) is 2. The fourth-order valence-corrected chi connectivity index (χ4v) is 4.03. The summed E-state index contributed by atoms with van der Waals surface area (Å²) in [5, 5.41) is 0. The topological polar surface area (TPSA) is 55.8 Å². The van der Waals surface area contributed by atoms with E-state index in [0.29, 0.717) is 6.42 Å². The number of carbonyl (C=O) groups excluding carboxylic acids is 2. The highest BCUT2D eigenvalue weighted by Gasteiger charge is 2.39. The molecule has 1 atom stereocenters. The van der Waals surface area contributed by atoms with E-state index in [1.54, 1.807) is 6.08 Å². The number of fused-ring (bicyclic) bond motifs is 3. The predicted molar refractivity (Wildman–Crippen MR) is 106 cm³/mol. The number of rotatable bonds is 6. The lowest BCUT2D eigenvalue weighted by molar-refractivity contribution is -0.139. The average Bonchev–Trinajstić information content (AvgIpc) is 3.25. The van der Waals surface area contributed by atoms with Crippen LogP contribution < -0.4 is 0 Å². The Labute approximate surface area is 164 Å². The number of hydrogen-bond acceptors (Lipinski definition) is 4. The van der Waals surface area contributed by atoms with E-state index < -0.39 is 12.1 Å². The molecule has 2 aromatic carbocycles. The molecule has 0 aromatic heterocycles. The normalized spacial score (nSPS) is 17.8. The Balaban J connectivity index is 1.46. The van der Waals surface area contributed by atoms with E-state index in [2.05, 4.69) is 30.8 Å². The lowest BCUT2D eigenvalue weighted by Crippen LogP contribution is -2.39. The van der Waals surface area contributed by atoms with Crippen LogP contribution in [0.5, 0.6) is 0 Å². The highest BCUT2D eigenvalue weighted by atomic mass is 16.6. The lowest BCUT2D eigenvalue weighted by atomic mass is 9.98. The first kappa shape index (κ1) is 18.3. The van der Waals surface area contributed by atoms with E-state index >= 15 is 0 Å². The summed E-state index contributed by atoms with van der Waals surface area (Å²) < 4.78 is 10.7. The van der Waals surface area contributed by atoms with Crippen LogP contribution in [0.4, 0.5) is 4.79 Å². The summed E-state index contributed by atoms with van der Waals surface area (Å²) in [4.78, 5) is 26.0. The van der Waals surface area contributed by atoms with Gasteiger partial charge in [-0.25, -0.2) is 9.59 Å². The fourth-order valence-electron chi connectivity index (χ4n) is 4.03. The maximum absolute atomic E-state index is 12.7. The number of cyclic esters (lactones) is 1. The number of benzene rings is 2. The Morgan fingerprint density at radius 2 is 1.79 bits per heavy atom. The molecule has 1 heterocycles. The predicted octanol–water partition coefficient (Wildman–Crippen LogP) is 4.48. The lowest BCUT2D eigenvalue weighted by Gasteiger charge is -2.21. The summed E-state index contributed by atoms with van der Waals surface area (Å²) >= 11 is 0. The Morgan fingerprint density at radius 1 is 1.14 bits per heavy atom. The highest BCUT2D eigenvalue weighted by Crippen LogP contribution is 2.44. The Bertz CT molecular complexity index is 861. The molecule has 1 saturated heterocycles. The third-order valence-electron chi connectivity index (χ3n) is 5.45. The number of nitrogens with zero attached hydrogens (tertiary/aromatic N) is 1. The number of allylic oxidation sites excluding steroid dienone is 1. The highest BCUT2D eigenvalue weighted by molar-refractivity contribution is 5.84. The number of esters is 1. The van der Waals surface area contributed by atoms with Gasteiger partial charge in [0.1, 0.15) is 12.6 Å². The SMILES string of the molecule is C=CCCC[C@H]1C(=O)OCN1C(=O)OCC1c2ccccc2-c2ccccc21. The van der Waals surface area contributed by atoms with Crippen molar-refractivity contribution in [2.75, 3.05) is 13.3 Å². The van der Waals surface area contributed by atoms with Crippen molar-refractivity contribution in [2.45, 2.75) is 31.2 Å². The van der Waals surface area contributed by atoms with E-state index in [4.69, 9.17) is 9.47 Å².